The van der Waals surface area contributed by atoms with Crippen molar-refractivity contribution in [1.29, 1.82) is 0 Å². The zero-order valence-electron chi connectivity index (χ0n) is 17.4. The van der Waals surface area contributed by atoms with E-state index in [1.165, 1.54) is 0 Å². The first-order chi connectivity index (χ1) is 14.3. The number of quaternary nitrogens is 1. The van der Waals surface area contributed by atoms with E-state index in [4.69, 9.17) is 4.74 Å². The number of carbonyl (C=O) groups excluding carboxylic acids is 2. The van der Waals surface area contributed by atoms with E-state index in [-0.39, 0.29) is 12.3 Å². The van der Waals surface area contributed by atoms with Crippen LogP contribution in [0.2, 0.25) is 0 Å². The number of ether oxygens (including phenoxy) is 1. The molecule has 2 aromatic rings. The van der Waals surface area contributed by atoms with Crippen LogP contribution in [0.5, 0.6) is 5.75 Å². The Hall–Kier alpha value is -2.90. The van der Waals surface area contributed by atoms with Gasteiger partial charge in [-0.05, 0) is 35.6 Å². The van der Waals surface area contributed by atoms with Crippen molar-refractivity contribution in [3.8, 4) is 5.75 Å². The van der Waals surface area contributed by atoms with Crippen LogP contribution in [0.3, 0.4) is 0 Å². The number of benzene rings is 2. The second kappa shape index (κ2) is 11.3. The van der Waals surface area contributed by atoms with Crippen LogP contribution in [-0.4, -0.2) is 35.2 Å². The highest BCUT2D eigenvalue weighted by atomic mass is 16.5. The SMILES string of the molecule is CC(C)C[C@H](NC(=O)[C@@H](O)[C@H]([NH3+])Cc1ccc(OCc2ccccc2)cc1)C(=O)[O-]. The molecule has 0 radical (unpaired) electrons. The molecular weight excluding hydrogens is 384 g/mol. The summed E-state index contributed by atoms with van der Waals surface area (Å²) in [4.78, 5) is 23.4. The number of nitrogens with one attached hydrogen (secondary N) is 1. The zero-order valence-corrected chi connectivity index (χ0v) is 17.4. The van der Waals surface area contributed by atoms with Gasteiger partial charge in [0.2, 0.25) is 0 Å². The molecule has 0 spiro atoms. The first kappa shape index (κ1) is 23.4. The fraction of sp³-hybridized carbons (Fsp3) is 0.391. The summed E-state index contributed by atoms with van der Waals surface area (Å²) in [5, 5.41) is 23.8. The van der Waals surface area contributed by atoms with Gasteiger partial charge >= 0.3 is 0 Å². The van der Waals surface area contributed by atoms with E-state index >= 15 is 0 Å². The number of aliphatic hydroxyl groups excluding tert-OH is 1. The minimum atomic E-state index is -1.42. The van der Waals surface area contributed by atoms with Crippen LogP contribution < -0.4 is 20.9 Å². The molecule has 0 aliphatic rings. The van der Waals surface area contributed by atoms with Crippen LogP contribution >= 0.6 is 0 Å². The molecule has 0 bridgehead atoms. The number of rotatable bonds is 11. The summed E-state index contributed by atoms with van der Waals surface area (Å²) in [6.45, 7) is 4.15. The third-order valence-corrected chi connectivity index (χ3v) is 4.69. The van der Waals surface area contributed by atoms with Crippen molar-refractivity contribution < 1.29 is 30.3 Å². The molecule has 5 N–H and O–H groups in total. The molecule has 0 heterocycles. The number of hydrogen-bond acceptors (Lipinski definition) is 5. The average Bonchev–Trinajstić information content (AvgIpc) is 2.72. The van der Waals surface area contributed by atoms with Crippen LogP contribution in [0.15, 0.2) is 54.6 Å². The number of amides is 1. The lowest BCUT2D eigenvalue weighted by molar-refractivity contribution is -0.432. The lowest BCUT2D eigenvalue weighted by Gasteiger charge is -2.24. The van der Waals surface area contributed by atoms with Gasteiger partial charge in [0.05, 0.1) is 12.0 Å². The molecule has 3 atom stereocenters. The van der Waals surface area contributed by atoms with Gasteiger partial charge in [-0.25, -0.2) is 0 Å². The van der Waals surface area contributed by atoms with E-state index < -0.39 is 30.1 Å². The summed E-state index contributed by atoms with van der Waals surface area (Å²) in [6.07, 6.45) is -0.839. The van der Waals surface area contributed by atoms with Crippen molar-refractivity contribution in [3.63, 3.8) is 0 Å². The Morgan fingerprint density at radius 2 is 1.70 bits per heavy atom. The summed E-state index contributed by atoms with van der Waals surface area (Å²) >= 11 is 0. The van der Waals surface area contributed by atoms with Gasteiger partial charge in [0.15, 0.2) is 6.10 Å². The maximum Gasteiger partial charge on any atom is 0.255 e. The molecular formula is C23H30N2O5. The van der Waals surface area contributed by atoms with E-state index in [2.05, 4.69) is 11.1 Å². The first-order valence-corrected chi connectivity index (χ1v) is 10.0. The Labute approximate surface area is 176 Å². The molecule has 0 saturated carbocycles. The van der Waals surface area contributed by atoms with Crippen molar-refractivity contribution in [2.45, 2.75) is 51.5 Å². The summed E-state index contributed by atoms with van der Waals surface area (Å²) in [7, 11) is 0. The number of carboxylic acid groups (broad SMARTS) is 1. The molecule has 30 heavy (non-hydrogen) atoms. The predicted molar refractivity (Wildman–Crippen MR) is 110 cm³/mol. The monoisotopic (exact) mass is 414 g/mol. The molecule has 2 aromatic carbocycles. The Morgan fingerprint density at radius 1 is 1.07 bits per heavy atom. The lowest BCUT2D eigenvalue weighted by atomic mass is 10.00. The fourth-order valence-corrected chi connectivity index (χ4v) is 3.03. The second-order valence-electron chi connectivity index (χ2n) is 7.84. The highest BCUT2D eigenvalue weighted by Gasteiger charge is 2.28. The molecule has 7 nitrogen and oxygen atoms in total. The van der Waals surface area contributed by atoms with Crippen molar-refractivity contribution in [2.75, 3.05) is 0 Å². The molecule has 0 aliphatic carbocycles. The number of carboxylic acids is 1. The van der Waals surface area contributed by atoms with Gasteiger partial charge in [-0.2, -0.15) is 0 Å². The maximum atomic E-state index is 12.2. The third kappa shape index (κ3) is 7.50. The van der Waals surface area contributed by atoms with E-state index in [1.54, 1.807) is 0 Å². The fourth-order valence-electron chi connectivity index (χ4n) is 3.03. The second-order valence-corrected chi connectivity index (χ2v) is 7.84. The molecule has 0 fully saturated rings. The van der Waals surface area contributed by atoms with Gasteiger partial charge in [-0.1, -0.05) is 56.3 Å². The zero-order chi connectivity index (χ0) is 22.1. The molecule has 1 amide bonds. The molecule has 162 valence electrons. The molecule has 0 unspecified atom stereocenters. The Bertz CT molecular complexity index is 808. The van der Waals surface area contributed by atoms with Crippen molar-refractivity contribution in [2.24, 2.45) is 5.92 Å². The third-order valence-electron chi connectivity index (χ3n) is 4.69. The standard InChI is InChI=1S/C23H30N2O5/c1-15(2)12-20(23(28)29)25-22(27)21(26)19(24)13-16-8-10-18(11-9-16)30-14-17-6-4-3-5-7-17/h3-11,15,19-21,26H,12-14,24H2,1-2H3,(H,25,27)(H,28,29)/t19-,20+,21+/m1/s1. The van der Waals surface area contributed by atoms with Crippen molar-refractivity contribution in [3.05, 3.63) is 65.7 Å². The molecule has 0 aliphatic heterocycles. The average molecular weight is 415 g/mol. The van der Waals surface area contributed by atoms with E-state index in [0.717, 1.165) is 11.1 Å². The topological polar surface area (TPSA) is 126 Å². The van der Waals surface area contributed by atoms with Gasteiger partial charge in [-0.3, -0.25) is 4.79 Å². The number of aliphatic hydroxyl groups is 1. The highest BCUT2D eigenvalue weighted by Crippen LogP contribution is 2.15. The summed E-state index contributed by atoms with van der Waals surface area (Å²) in [5.41, 5.74) is 5.81. The first-order valence-electron chi connectivity index (χ1n) is 10.0. The van der Waals surface area contributed by atoms with Gasteiger partial charge in [0.25, 0.3) is 5.91 Å². The van der Waals surface area contributed by atoms with Crippen molar-refractivity contribution in [1.82, 2.24) is 5.32 Å². The van der Waals surface area contributed by atoms with Crippen molar-refractivity contribution >= 4 is 11.9 Å². The molecule has 2 rings (SSSR count). The van der Waals surface area contributed by atoms with Crippen LogP contribution in [0.1, 0.15) is 31.4 Å². The van der Waals surface area contributed by atoms with Crippen LogP contribution in [0, 0.1) is 5.92 Å². The maximum absolute atomic E-state index is 12.2. The smallest absolute Gasteiger partial charge is 0.255 e. The minimum Gasteiger partial charge on any atom is -0.548 e. The summed E-state index contributed by atoms with van der Waals surface area (Å²) in [6, 6.07) is 15.4. The highest BCUT2D eigenvalue weighted by molar-refractivity contribution is 5.85. The van der Waals surface area contributed by atoms with E-state index in [9.17, 15) is 19.8 Å². The number of hydrogen-bond donors (Lipinski definition) is 3. The van der Waals surface area contributed by atoms with Gasteiger partial charge in [0, 0.05) is 6.42 Å². The summed E-state index contributed by atoms with van der Waals surface area (Å²) in [5.74, 6) is -1.35. The Morgan fingerprint density at radius 3 is 2.27 bits per heavy atom. The van der Waals surface area contributed by atoms with E-state index in [1.807, 2.05) is 68.4 Å². The largest absolute Gasteiger partial charge is 0.548 e. The van der Waals surface area contributed by atoms with Gasteiger partial charge in [-0.15, -0.1) is 0 Å². The lowest BCUT2D eigenvalue weighted by Crippen LogP contribution is -2.70. The Kier molecular flexibility index (Phi) is 8.83. The summed E-state index contributed by atoms with van der Waals surface area (Å²) < 4.78 is 5.74. The van der Waals surface area contributed by atoms with Gasteiger partial charge < -0.3 is 30.8 Å². The molecule has 0 aromatic heterocycles. The van der Waals surface area contributed by atoms with Gasteiger partial charge in [0.1, 0.15) is 18.4 Å². The van der Waals surface area contributed by atoms with Crippen LogP contribution in [0.25, 0.3) is 0 Å². The molecule has 0 saturated heterocycles. The molecule has 7 heteroatoms. The quantitative estimate of drug-likeness (QED) is 0.479. The predicted octanol–water partition coefficient (Wildman–Crippen LogP) is 0.0603. The van der Waals surface area contributed by atoms with E-state index in [0.29, 0.717) is 18.8 Å². The normalized spacial score (nSPS) is 14.0. The van der Waals surface area contributed by atoms with Crippen LogP contribution in [-0.2, 0) is 22.6 Å². The number of carbonyl (C=O) groups is 2. The van der Waals surface area contributed by atoms with Crippen LogP contribution in [0.4, 0.5) is 0 Å². The Balaban J connectivity index is 1.87. The number of aliphatic carboxylic acids is 1. The minimum absolute atomic E-state index is 0.0588.